The van der Waals surface area contributed by atoms with Crippen molar-refractivity contribution < 1.29 is 4.79 Å². The Labute approximate surface area is 111 Å². The Morgan fingerprint density at radius 1 is 1.28 bits per heavy atom. The van der Waals surface area contributed by atoms with Gasteiger partial charge in [0.1, 0.15) is 0 Å². The lowest BCUT2D eigenvalue weighted by molar-refractivity contribution is -0.125. The molecular formula is C15H28N2O. The quantitative estimate of drug-likeness (QED) is 0.808. The molecular weight excluding hydrogens is 224 g/mol. The standard InChI is InChI=1S/C15H28N2O/c1-11-8-16-10-13(11)14(18)17-9-12-4-6-15(2,3)7-5-12/h11-13,16H,4-10H2,1-3H3,(H,17,18)/t11-,13-/m1/s1. The first-order chi connectivity index (χ1) is 8.48. The predicted molar refractivity (Wildman–Crippen MR) is 74.3 cm³/mol. The van der Waals surface area contributed by atoms with Crippen molar-refractivity contribution in [1.29, 1.82) is 0 Å². The molecule has 2 rings (SSSR count). The molecule has 0 bridgehead atoms. The number of amides is 1. The molecule has 2 atom stereocenters. The summed E-state index contributed by atoms with van der Waals surface area (Å²) < 4.78 is 0. The van der Waals surface area contributed by atoms with Crippen LogP contribution in [0.15, 0.2) is 0 Å². The number of carbonyl (C=O) groups excluding carboxylic acids is 1. The smallest absolute Gasteiger partial charge is 0.224 e. The van der Waals surface area contributed by atoms with Crippen LogP contribution in [0.5, 0.6) is 0 Å². The molecule has 3 nitrogen and oxygen atoms in total. The molecule has 1 heterocycles. The van der Waals surface area contributed by atoms with Crippen LogP contribution in [0.4, 0.5) is 0 Å². The maximum Gasteiger partial charge on any atom is 0.224 e. The van der Waals surface area contributed by atoms with Gasteiger partial charge in [0.05, 0.1) is 5.92 Å². The van der Waals surface area contributed by atoms with Gasteiger partial charge in [-0.2, -0.15) is 0 Å². The molecule has 0 radical (unpaired) electrons. The Kier molecular flexibility index (Phi) is 4.31. The van der Waals surface area contributed by atoms with Crippen molar-refractivity contribution in [2.24, 2.45) is 23.2 Å². The molecule has 18 heavy (non-hydrogen) atoms. The van der Waals surface area contributed by atoms with Crippen LogP contribution in [-0.2, 0) is 4.79 Å². The monoisotopic (exact) mass is 252 g/mol. The molecule has 0 aromatic carbocycles. The van der Waals surface area contributed by atoms with Gasteiger partial charge in [-0.15, -0.1) is 0 Å². The second-order valence-corrected chi connectivity index (χ2v) is 7.09. The zero-order valence-electron chi connectivity index (χ0n) is 12.1. The topological polar surface area (TPSA) is 41.1 Å². The molecule has 2 aliphatic rings. The molecule has 0 aromatic heterocycles. The first kappa shape index (κ1) is 13.9. The summed E-state index contributed by atoms with van der Waals surface area (Å²) in [5.74, 6) is 1.63. The lowest BCUT2D eigenvalue weighted by atomic mass is 9.73. The Hall–Kier alpha value is -0.570. The van der Waals surface area contributed by atoms with Crippen molar-refractivity contribution in [3.63, 3.8) is 0 Å². The summed E-state index contributed by atoms with van der Waals surface area (Å²) in [6.45, 7) is 9.59. The maximum absolute atomic E-state index is 12.1. The zero-order valence-corrected chi connectivity index (χ0v) is 12.1. The molecule has 0 unspecified atom stereocenters. The lowest BCUT2D eigenvalue weighted by Crippen LogP contribution is -2.38. The highest BCUT2D eigenvalue weighted by Crippen LogP contribution is 2.37. The van der Waals surface area contributed by atoms with Crippen LogP contribution >= 0.6 is 0 Å². The average molecular weight is 252 g/mol. The number of rotatable bonds is 3. The molecule has 1 saturated carbocycles. The van der Waals surface area contributed by atoms with E-state index in [9.17, 15) is 4.79 Å². The van der Waals surface area contributed by atoms with Gasteiger partial charge in [0.25, 0.3) is 0 Å². The number of hydrogen-bond acceptors (Lipinski definition) is 2. The fourth-order valence-corrected chi connectivity index (χ4v) is 3.20. The first-order valence-corrected chi connectivity index (χ1v) is 7.46. The van der Waals surface area contributed by atoms with Gasteiger partial charge in [0, 0.05) is 13.1 Å². The lowest BCUT2D eigenvalue weighted by Gasteiger charge is -2.34. The minimum absolute atomic E-state index is 0.185. The van der Waals surface area contributed by atoms with E-state index < -0.39 is 0 Å². The number of hydrogen-bond donors (Lipinski definition) is 2. The molecule has 0 aromatic rings. The van der Waals surface area contributed by atoms with Crippen LogP contribution in [-0.4, -0.2) is 25.5 Å². The highest BCUT2D eigenvalue weighted by Gasteiger charge is 2.31. The third-order valence-electron chi connectivity index (χ3n) is 4.88. The molecule has 104 valence electrons. The zero-order chi connectivity index (χ0) is 13.2. The summed E-state index contributed by atoms with van der Waals surface area (Å²) in [7, 11) is 0. The summed E-state index contributed by atoms with van der Waals surface area (Å²) in [5.41, 5.74) is 0.518. The van der Waals surface area contributed by atoms with Gasteiger partial charge >= 0.3 is 0 Å². The summed E-state index contributed by atoms with van der Waals surface area (Å²) >= 11 is 0. The van der Waals surface area contributed by atoms with E-state index in [-0.39, 0.29) is 11.8 Å². The molecule has 2 N–H and O–H groups in total. The van der Waals surface area contributed by atoms with E-state index in [0.717, 1.165) is 19.6 Å². The summed E-state index contributed by atoms with van der Waals surface area (Å²) in [6, 6.07) is 0. The van der Waals surface area contributed by atoms with Gasteiger partial charge in [-0.25, -0.2) is 0 Å². The van der Waals surface area contributed by atoms with E-state index in [0.29, 0.717) is 17.3 Å². The SMILES string of the molecule is C[C@@H]1CNC[C@H]1C(=O)NCC1CCC(C)(C)CC1. The van der Waals surface area contributed by atoms with Crippen LogP contribution in [0, 0.1) is 23.2 Å². The number of carbonyl (C=O) groups is 1. The van der Waals surface area contributed by atoms with E-state index in [2.05, 4.69) is 31.4 Å². The number of nitrogens with one attached hydrogen (secondary N) is 2. The van der Waals surface area contributed by atoms with Crippen molar-refractivity contribution in [1.82, 2.24) is 10.6 Å². The second kappa shape index (κ2) is 5.60. The van der Waals surface area contributed by atoms with E-state index in [1.165, 1.54) is 25.7 Å². The van der Waals surface area contributed by atoms with Gasteiger partial charge < -0.3 is 10.6 Å². The summed E-state index contributed by atoms with van der Waals surface area (Å²) in [6.07, 6.45) is 5.14. The summed E-state index contributed by atoms with van der Waals surface area (Å²) in [5, 5.41) is 6.46. The highest BCUT2D eigenvalue weighted by atomic mass is 16.1. The van der Waals surface area contributed by atoms with Crippen molar-refractivity contribution >= 4 is 5.91 Å². The van der Waals surface area contributed by atoms with Gasteiger partial charge in [-0.3, -0.25) is 4.79 Å². The van der Waals surface area contributed by atoms with Crippen molar-refractivity contribution in [3.8, 4) is 0 Å². The Morgan fingerprint density at radius 2 is 1.94 bits per heavy atom. The van der Waals surface area contributed by atoms with Crippen LogP contribution in [0.3, 0.4) is 0 Å². The summed E-state index contributed by atoms with van der Waals surface area (Å²) in [4.78, 5) is 12.1. The Morgan fingerprint density at radius 3 is 2.50 bits per heavy atom. The van der Waals surface area contributed by atoms with Gasteiger partial charge in [-0.05, 0) is 49.5 Å². The molecule has 0 spiro atoms. The molecule has 1 amide bonds. The van der Waals surface area contributed by atoms with Gasteiger partial charge in [0.15, 0.2) is 0 Å². The third kappa shape index (κ3) is 3.47. The minimum Gasteiger partial charge on any atom is -0.356 e. The maximum atomic E-state index is 12.1. The van der Waals surface area contributed by atoms with E-state index in [1.807, 2.05) is 0 Å². The minimum atomic E-state index is 0.185. The fourth-order valence-electron chi connectivity index (χ4n) is 3.20. The normalized spacial score (nSPS) is 32.4. The molecule has 3 heteroatoms. The predicted octanol–water partition coefficient (Wildman–Crippen LogP) is 2.17. The van der Waals surface area contributed by atoms with Crippen molar-refractivity contribution in [2.75, 3.05) is 19.6 Å². The third-order valence-corrected chi connectivity index (χ3v) is 4.88. The van der Waals surface area contributed by atoms with Crippen LogP contribution in [0.2, 0.25) is 0 Å². The highest BCUT2D eigenvalue weighted by molar-refractivity contribution is 5.79. The fraction of sp³-hybridized carbons (Fsp3) is 0.933. The van der Waals surface area contributed by atoms with Gasteiger partial charge in [0.2, 0.25) is 5.91 Å². The average Bonchev–Trinajstić information content (AvgIpc) is 2.74. The first-order valence-electron chi connectivity index (χ1n) is 7.46. The molecule has 2 fully saturated rings. The van der Waals surface area contributed by atoms with Crippen molar-refractivity contribution in [3.05, 3.63) is 0 Å². The van der Waals surface area contributed by atoms with E-state index in [4.69, 9.17) is 0 Å². The second-order valence-electron chi connectivity index (χ2n) is 7.09. The van der Waals surface area contributed by atoms with Crippen LogP contribution in [0.1, 0.15) is 46.5 Å². The Balaban J connectivity index is 1.70. The van der Waals surface area contributed by atoms with E-state index >= 15 is 0 Å². The van der Waals surface area contributed by atoms with Crippen molar-refractivity contribution in [2.45, 2.75) is 46.5 Å². The largest absolute Gasteiger partial charge is 0.356 e. The molecule has 1 saturated heterocycles. The van der Waals surface area contributed by atoms with Crippen LogP contribution < -0.4 is 10.6 Å². The Bertz CT molecular complexity index is 291. The molecule has 1 aliphatic carbocycles. The van der Waals surface area contributed by atoms with Crippen LogP contribution in [0.25, 0.3) is 0 Å². The molecule has 1 aliphatic heterocycles. The van der Waals surface area contributed by atoms with Gasteiger partial charge in [-0.1, -0.05) is 20.8 Å². The van der Waals surface area contributed by atoms with E-state index in [1.54, 1.807) is 0 Å².